The van der Waals surface area contributed by atoms with Crippen LogP contribution in [0.3, 0.4) is 0 Å². The molecule has 1 saturated heterocycles. The van der Waals surface area contributed by atoms with Crippen LogP contribution in [-0.2, 0) is 10.0 Å². The highest BCUT2D eigenvalue weighted by atomic mass is 35.5. The highest BCUT2D eigenvalue weighted by Gasteiger charge is 2.33. The zero-order valence-corrected chi connectivity index (χ0v) is 12.6. The molecule has 2 unspecified atom stereocenters. The van der Waals surface area contributed by atoms with Crippen LogP contribution in [0.1, 0.15) is 23.7 Å². The van der Waals surface area contributed by atoms with Gasteiger partial charge in [-0.05, 0) is 24.5 Å². The Morgan fingerprint density at radius 2 is 2.15 bits per heavy atom. The lowest BCUT2D eigenvalue weighted by Crippen LogP contribution is -2.44. The minimum Gasteiger partial charge on any atom is -0.393 e. The van der Waals surface area contributed by atoms with Gasteiger partial charge in [0.25, 0.3) is 0 Å². The third-order valence-electron chi connectivity index (χ3n) is 3.53. The molecule has 0 spiro atoms. The lowest BCUT2D eigenvalue weighted by Gasteiger charge is -2.33. The van der Waals surface area contributed by atoms with Crippen molar-refractivity contribution in [1.82, 2.24) is 4.31 Å². The van der Waals surface area contributed by atoms with E-state index in [1.807, 2.05) is 0 Å². The fourth-order valence-corrected chi connectivity index (χ4v) is 4.31. The van der Waals surface area contributed by atoms with Gasteiger partial charge in [0.05, 0.1) is 11.1 Å². The number of hydrogen-bond acceptors (Lipinski definition) is 4. The number of rotatable bonds is 3. The van der Waals surface area contributed by atoms with E-state index >= 15 is 0 Å². The lowest BCUT2D eigenvalue weighted by atomic mass is 9.99. The molecule has 0 saturated carbocycles. The molecule has 5 nitrogen and oxygen atoms in total. The van der Waals surface area contributed by atoms with Crippen LogP contribution in [-0.4, -0.2) is 43.3 Å². The lowest BCUT2D eigenvalue weighted by molar-refractivity contribution is 0.0628. The van der Waals surface area contributed by atoms with Gasteiger partial charge in [0.1, 0.15) is 11.2 Å². The van der Waals surface area contributed by atoms with Gasteiger partial charge in [-0.15, -0.1) is 0 Å². The molecule has 1 N–H and O–H groups in total. The Balaban J connectivity index is 2.38. The Bertz CT molecular complexity index is 617. The number of carbonyl (C=O) groups is 1. The molecule has 0 bridgehead atoms. The minimum absolute atomic E-state index is 0.0626. The van der Waals surface area contributed by atoms with E-state index in [1.54, 1.807) is 6.92 Å². The molecule has 1 aliphatic rings. The van der Waals surface area contributed by atoms with Gasteiger partial charge in [-0.2, -0.15) is 4.31 Å². The van der Waals surface area contributed by atoms with Gasteiger partial charge >= 0.3 is 0 Å². The van der Waals surface area contributed by atoms with Crippen LogP contribution in [0.15, 0.2) is 23.1 Å². The predicted octanol–water partition coefficient (Wildman–Crippen LogP) is 1.54. The summed E-state index contributed by atoms with van der Waals surface area (Å²) in [6.45, 7) is 2.29. The maximum absolute atomic E-state index is 12.6. The number of benzene rings is 1. The second-order valence-corrected chi connectivity index (χ2v) is 7.32. The molecule has 0 aliphatic carbocycles. The van der Waals surface area contributed by atoms with Crippen LogP contribution >= 0.6 is 11.6 Å². The molecular weight excluding hydrogens is 302 g/mol. The van der Waals surface area contributed by atoms with E-state index in [1.165, 1.54) is 22.5 Å². The summed E-state index contributed by atoms with van der Waals surface area (Å²) >= 11 is 5.95. The maximum Gasteiger partial charge on any atom is 0.244 e. The first-order chi connectivity index (χ1) is 9.36. The van der Waals surface area contributed by atoms with Crippen molar-refractivity contribution >= 4 is 27.9 Å². The summed E-state index contributed by atoms with van der Waals surface area (Å²) in [4.78, 5) is 10.7. The van der Waals surface area contributed by atoms with Gasteiger partial charge in [-0.25, -0.2) is 8.42 Å². The van der Waals surface area contributed by atoms with E-state index in [-0.39, 0.29) is 34.5 Å². The zero-order valence-electron chi connectivity index (χ0n) is 11.0. The summed E-state index contributed by atoms with van der Waals surface area (Å²) in [6, 6.07) is 4.15. The number of halogens is 1. The molecule has 110 valence electrons. The number of aliphatic hydroxyl groups excluding tert-OH is 1. The second-order valence-electron chi connectivity index (χ2n) is 5.00. The number of aliphatic hydroxyl groups is 1. The van der Waals surface area contributed by atoms with Crippen molar-refractivity contribution in [3.63, 3.8) is 0 Å². The Hall–Kier alpha value is -0.950. The molecule has 2 atom stereocenters. The molecule has 2 rings (SSSR count). The monoisotopic (exact) mass is 317 g/mol. The molecule has 1 aromatic rings. The molecule has 0 amide bonds. The Morgan fingerprint density at radius 1 is 1.45 bits per heavy atom. The molecule has 0 aromatic heterocycles. The van der Waals surface area contributed by atoms with Gasteiger partial charge in [-0.1, -0.05) is 24.6 Å². The summed E-state index contributed by atoms with van der Waals surface area (Å²) in [5.41, 5.74) is 0.262. The Kier molecular flexibility index (Phi) is 4.49. The third-order valence-corrected chi connectivity index (χ3v) is 5.88. The van der Waals surface area contributed by atoms with Crippen molar-refractivity contribution in [2.24, 2.45) is 5.92 Å². The smallest absolute Gasteiger partial charge is 0.244 e. The van der Waals surface area contributed by atoms with Crippen molar-refractivity contribution in [1.29, 1.82) is 0 Å². The van der Waals surface area contributed by atoms with Crippen LogP contribution in [0, 0.1) is 5.92 Å². The average molecular weight is 318 g/mol. The fraction of sp³-hybridized carbons (Fsp3) is 0.462. The molecule has 0 radical (unpaired) electrons. The fourth-order valence-electron chi connectivity index (χ4n) is 2.24. The van der Waals surface area contributed by atoms with E-state index in [2.05, 4.69) is 0 Å². The molecule has 1 aliphatic heterocycles. The average Bonchev–Trinajstić information content (AvgIpc) is 2.42. The van der Waals surface area contributed by atoms with Gasteiger partial charge in [0.2, 0.25) is 10.0 Å². The van der Waals surface area contributed by atoms with E-state index < -0.39 is 16.1 Å². The highest BCUT2D eigenvalue weighted by molar-refractivity contribution is 7.89. The molecule has 20 heavy (non-hydrogen) atoms. The molecular formula is C13H16ClNO4S. The first-order valence-electron chi connectivity index (χ1n) is 6.29. The first-order valence-corrected chi connectivity index (χ1v) is 8.11. The van der Waals surface area contributed by atoms with E-state index in [0.717, 1.165) is 0 Å². The van der Waals surface area contributed by atoms with Gasteiger partial charge in [0, 0.05) is 18.7 Å². The molecule has 1 heterocycles. The van der Waals surface area contributed by atoms with Crippen molar-refractivity contribution in [2.75, 3.05) is 13.1 Å². The number of aldehydes is 1. The van der Waals surface area contributed by atoms with Crippen LogP contribution in [0.4, 0.5) is 0 Å². The van der Waals surface area contributed by atoms with Crippen molar-refractivity contribution in [2.45, 2.75) is 24.3 Å². The first kappa shape index (κ1) is 15.4. The van der Waals surface area contributed by atoms with Crippen LogP contribution in [0.2, 0.25) is 5.02 Å². The second kappa shape index (κ2) is 5.81. The largest absolute Gasteiger partial charge is 0.393 e. The quantitative estimate of drug-likeness (QED) is 0.858. The van der Waals surface area contributed by atoms with E-state index in [0.29, 0.717) is 12.7 Å². The van der Waals surface area contributed by atoms with Crippen molar-refractivity contribution < 1.29 is 18.3 Å². The minimum atomic E-state index is -3.75. The summed E-state index contributed by atoms with van der Waals surface area (Å²) in [5.74, 6) is -0.133. The highest BCUT2D eigenvalue weighted by Crippen LogP contribution is 2.28. The van der Waals surface area contributed by atoms with Gasteiger partial charge < -0.3 is 5.11 Å². The number of hydrogen-bond donors (Lipinski definition) is 1. The van der Waals surface area contributed by atoms with Gasteiger partial charge in [0.15, 0.2) is 0 Å². The van der Waals surface area contributed by atoms with E-state index in [4.69, 9.17) is 11.6 Å². The zero-order chi connectivity index (χ0) is 14.9. The van der Waals surface area contributed by atoms with Crippen LogP contribution < -0.4 is 0 Å². The van der Waals surface area contributed by atoms with Gasteiger partial charge in [-0.3, -0.25) is 4.79 Å². The Morgan fingerprint density at radius 3 is 2.75 bits per heavy atom. The van der Waals surface area contributed by atoms with E-state index in [9.17, 15) is 18.3 Å². The summed E-state index contributed by atoms with van der Waals surface area (Å²) in [7, 11) is -3.75. The number of carbonyl (C=O) groups excluding carboxylic acids is 1. The number of sulfonamides is 1. The maximum atomic E-state index is 12.6. The Labute approximate surface area is 123 Å². The number of nitrogens with zero attached hydrogens (tertiary/aromatic N) is 1. The summed E-state index contributed by atoms with van der Waals surface area (Å²) in [6.07, 6.45) is 0.488. The van der Waals surface area contributed by atoms with Crippen molar-refractivity contribution in [3.8, 4) is 0 Å². The standard InChI is InChI=1S/C13H16ClNO4S/c1-9-7-15(5-4-12(9)17)20(18,19)13-6-10(8-16)2-3-11(13)14/h2-3,6,8-9,12,17H,4-5,7H2,1H3. The summed E-state index contributed by atoms with van der Waals surface area (Å²) < 4.78 is 26.5. The van der Waals surface area contributed by atoms with Crippen LogP contribution in [0.25, 0.3) is 0 Å². The van der Waals surface area contributed by atoms with Crippen molar-refractivity contribution in [3.05, 3.63) is 28.8 Å². The molecule has 1 aromatic carbocycles. The number of piperidine rings is 1. The van der Waals surface area contributed by atoms with Crippen LogP contribution in [0.5, 0.6) is 0 Å². The topological polar surface area (TPSA) is 74.7 Å². The summed E-state index contributed by atoms with van der Waals surface area (Å²) in [5, 5.41) is 9.77. The normalized spacial score (nSPS) is 24.6. The molecule has 7 heteroatoms. The predicted molar refractivity (Wildman–Crippen MR) is 75.4 cm³/mol. The SMILES string of the molecule is CC1CN(S(=O)(=O)c2cc(C=O)ccc2Cl)CCC1O. The molecule has 1 fully saturated rings. The third kappa shape index (κ3) is 2.88.